The van der Waals surface area contributed by atoms with E-state index in [1.807, 2.05) is 22.6 Å². The lowest BCUT2D eigenvalue weighted by Gasteiger charge is -2.26. The molecule has 1 aromatic heterocycles. The van der Waals surface area contributed by atoms with Crippen molar-refractivity contribution in [2.45, 2.75) is 19.3 Å². The van der Waals surface area contributed by atoms with Gasteiger partial charge in [0.1, 0.15) is 10.3 Å². The van der Waals surface area contributed by atoms with Gasteiger partial charge in [-0.2, -0.15) is 9.97 Å². The first kappa shape index (κ1) is 11.7. The van der Waals surface area contributed by atoms with Gasteiger partial charge in [-0.05, 0) is 41.9 Å². The molecule has 1 saturated heterocycles. The second-order valence-corrected chi connectivity index (χ2v) is 5.26. The molecule has 2 rings (SSSR count). The van der Waals surface area contributed by atoms with Crippen molar-refractivity contribution in [1.29, 1.82) is 0 Å². The molecule has 1 aliphatic rings. The van der Waals surface area contributed by atoms with Crippen LogP contribution in [-0.2, 0) is 0 Å². The molecule has 82 valence electrons. The molecule has 0 atom stereocenters. The summed E-state index contributed by atoms with van der Waals surface area (Å²) in [6.07, 6.45) is 3.65. The van der Waals surface area contributed by atoms with Crippen LogP contribution in [0.5, 0.6) is 0 Å². The zero-order valence-corrected chi connectivity index (χ0v) is 11.7. The average Bonchev–Trinajstić information content (AvgIpc) is 2.26. The van der Waals surface area contributed by atoms with Gasteiger partial charge >= 0.3 is 0 Å². The van der Waals surface area contributed by atoms with Crippen LogP contribution < -0.4 is 4.90 Å². The maximum atomic E-state index is 5.97. The summed E-state index contributed by atoms with van der Waals surface area (Å²) >= 11 is 14.0. The van der Waals surface area contributed by atoms with E-state index in [0.717, 1.165) is 16.7 Å². The number of hydrogen-bond donors (Lipinski definition) is 0. The first-order chi connectivity index (χ1) is 7.18. The molecule has 0 bridgehead atoms. The molecule has 2 heterocycles. The minimum absolute atomic E-state index is 0.441. The van der Waals surface area contributed by atoms with Crippen LogP contribution in [0.2, 0.25) is 10.3 Å². The number of aromatic nitrogens is 2. The Morgan fingerprint density at radius 1 is 1.00 bits per heavy atom. The van der Waals surface area contributed by atoms with Crippen LogP contribution in [0, 0.1) is 3.57 Å². The van der Waals surface area contributed by atoms with E-state index in [9.17, 15) is 0 Å². The lowest BCUT2D eigenvalue weighted by atomic mass is 10.1. The van der Waals surface area contributed by atoms with Crippen LogP contribution >= 0.6 is 45.8 Å². The van der Waals surface area contributed by atoms with E-state index in [1.54, 1.807) is 0 Å². The van der Waals surface area contributed by atoms with Gasteiger partial charge in [0, 0.05) is 13.1 Å². The van der Waals surface area contributed by atoms with Crippen LogP contribution in [-0.4, -0.2) is 23.1 Å². The number of nitrogens with zero attached hydrogens (tertiary/aromatic N) is 3. The monoisotopic (exact) mass is 357 g/mol. The summed E-state index contributed by atoms with van der Waals surface area (Å²) < 4.78 is 0.719. The van der Waals surface area contributed by atoms with Crippen LogP contribution in [0.15, 0.2) is 0 Å². The van der Waals surface area contributed by atoms with Crippen LogP contribution in [0.3, 0.4) is 0 Å². The zero-order chi connectivity index (χ0) is 10.8. The number of rotatable bonds is 1. The predicted octanol–water partition coefficient (Wildman–Crippen LogP) is 3.38. The quantitative estimate of drug-likeness (QED) is 0.570. The second kappa shape index (κ2) is 5.01. The Morgan fingerprint density at radius 2 is 1.53 bits per heavy atom. The summed E-state index contributed by atoms with van der Waals surface area (Å²) in [4.78, 5) is 10.6. The molecule has 0 aliphatic carbocycles. The molecule has 1 fully saturated rings. The lowest BCUT2D eigenvalue weighted by molar-refractivity contribution is 0.568. The number of anilines is 1. The molecule has 0 saturated carbocycles. The maximum Gasteiger partial charge on any atom is 0.228 e. The molecule has 15 heavy (non-hydrogen) atoms. The SMILES string of the molecule is Clc1nc(N2CCCCC2)nc(Cl)c1I. The van der Waals surface area contributed by atoms with Gasteiger partial charge in [-0.1, -0.05) is 23.2 Å². The van der Waals surface area contributed by atoms with Crippen molar-refractivity contribution in [1.82, 2.24) is 9.97 Å². The minimum atomic E-state index is 0.441. The highest BCUT2D eigenvalue weighted by molar-refractivity contribution is 14.1. The van der Waals surface area contributed by atoms with Gasteiger partial charge in [0.2, 0.25) is 5.95 Å². The van der Waals surface area contributed by atoms with Crippen molar-refractivity contribution in [3.63, 3.8) is 0 Å². The van der Waals surface area contributed by atoms with Gasteiger partial charge in [-0.3, -0.25) is 0 Å². The summed E-state index contributed by atoms with van der Waals surface area (Å²) in [5.74, 6) is 0.658. The highest BCUT2D eigenvalue weighted by atomic mass is 127. The molecule has 3 nitrogen and oxygen atoms in total. The Bertz CT molecular complexity index is 343. The molecular formula is C9H10Cl2IN3. The topological polar surface area (TPSA) is 29.0 Å². The van der Waals surface area contributed by atoms with Crippen molar-refractivity contribution < 1.29 is 0 Å². The largest absolute Gasteiger partial charge is 0.341 e. The Hall–Kier alpha value is 0.190. The van der Waals surface area contributed by atoms with Crippen molar-refractivity contribution in [3.8, 4) is 0 Å². The molecule has 0 unspecified atom stereocenters. The summed E-state index contributed by atoms with van der Waals surface area (Å²) in [6.45, 7) is 1.99. The molecule has 0 N–H and O–H groups in total. The third kappa shape index (κ3) is 2.65. The standard InChI is InChI=1S/C9H10Cl2IN3/c10-7-6(12)8(11)14-9(13-7)15-4-2-1-3-5-15/h1-5H2. The normalized spacial score (nSPS) is 16.9. The Labute approximate surface area is 112 Å². The molecule has 0 radical (unpaired) electrons. The van der Waals surface area contributed by atoms with E-state index in [1.165, 1.54) is 19.3 Å². The van der Waals surface area contributed by atoms with Gasteiger partial charge in [0.05, 0.1) is 3.57 Å². The Kier molecular flexibility index (Phi) is 3.90. The average molecular weight is 358 g/mol. The Morgan fingerprint density at radius 3 is 2.07 bits per heavy atom. The fraction of sp³-hybridized carbons (Fsp3) is 0.556. The third-order valence-electron chi connectivity index (χ3n) is 2.40. The van der Waals surface area contributed by atoms with Crippen LogP contribution in [0.4, 0.5) is 5.95 Å². The first-order valence-electron chi connectivity index (χ1n) is 4.82. The van der Waals surface area contributed by atoms with Gasteiger partial charge < -0.3 is 4.90 Å². The summed E-state index contributed by atoms with van der Waals surface area (Å²) in [7, 11) is 0. The van der Waals surface area contributed by atoms with E-state index in [4.69, 9.17) is 23.2 Å². The van der Waals surface area contributed by atoms with Gasteiger partial charge in [0.15, 0.2) is 0 Å². The van der Waals surface area contributed by atoms with Crippen molar-refractivity contribution in [2.24, 2.45) is 0 Å². The first-order valence-corrected chi connectivity index (χ1v) is 6.65. The third-order valence-corrected chi connectivity index (χ3v) is 4.60. The molecule has 0 aromatic carbocycles. The molecule has 1 aromatic rings. The van der Waals surface area contributed by atoms with Crippen molar-refractivity contribution in [2.75, 3.05) is 18.0 Å². The number of halogens is 3. The lowest BCUT2D eigenvalue weighted by Crippen LogP contribution is -2.31. The van der Waals surface area contributed by atoms with E-state index in [-0.39, 0.29) is 0 Å². The minimum Gasteiger partial charge on any atom is -0.341 e. The zero-order valence-electron chi connectivity index (χ0n) is 8.01. The van der Waals surface area contributed by atoms with E-state index in [0.29, 0.717) is 16.3 Å². The van der Waals surface area contributed by atoms with Gasteiger partial charge in [0.25, 0.3) is 0 Å². The van der Waals surface area contributed by atoms with E-state index >= 15 is 0 Å². The number of hydrogen-bond acceptors (Lipinski definition) is 3. The van der Waals surface area contributed by atoms with Gasteiger partial charge in [-0.25, -0.2) is 0 Å². The summed E-state index contributed by atoms with van der Waals surface area (Å²) in [5, 5.41) is 0.882. The molecule has 1 aliphatic heterocycles. The van der Waals surface area contributed by atoms with Gasteiger partial charge in [-0.15, -0.1) is 0 Å². The fourth-order valence-electron chi connectivity index (χ4n) is 1.62. The van der Waals surface area contributed by atoms with Crippen molar-refractivity contribution in [3.05, 3.63) is 13.9 Å². The molecule has 6 heteroatoms. The molecule has 0 amide bonds. The molecular weight excluding hydrogens is 348 g/mol. The van der Waals surface area contributed by atoms with Crippen molar-refractivity contribution >= 4 is 51.7 Å². The summed E-state index contributed by atoms with van der Waals surface area (Å²) in [6, 6.07) is 0. The Balaban J connectivity index is 2.27. The highest BCUT2D eigenvalue weighted by Crippen LogP contribution is 2.26. The smallest absolute Gasteiger partial charge is 0.228 e. The fourth-order valence-corrected chi connectivity index (χ4v) is 2.24. The van der Waals surface area contributed by atoms with E-state index in [2.05, 4.69) is 14.9 Å². The number of piperidine rings is 1. The molecule has 0 spiro atoms. The summed E-state index contributed by atoms with van der Waals surface area (Å²) in [5.41, 5.74) is 0. The van der Waals surface area contributed by atoms with Crippen LogP contribution in [0.25, 0.3) is 0 Å². The second-order valence-electron chi connectivity index (χ2n) is 3.47. The highest BCUT2D eigenvalue weighted by Gasteiger charge is 2.16. The van der Waals surface area contributed by atoms with E-state index < -0.39 is 0 Å². The predicted molar refractivity (Wildman–Crippen MR) is 70.8 cm³/mol. The maximum absolute atomic E-state index is 5.97. The van der Waals surface area contributed by atoms with Crippen LogP contribution in [0.1, 0.15) is 19.3 Å².